The van der Waals surface area contributed by atoms with E-state index in [1.165, 1.54) is 48.5 Å². The summed E-state index contributed by atoms with van der Waals surface area (Å²) >= 11 is 5.99. The third-order valence-corrected chi connectivity index (χ3v) is 7.30. The van der Waals surface area contributed by atoms with Crippen molar-refractivity contribution in [2.45, 2.75) is 17.9 Å². The Morgan fingerprint density at radius 1 is 1.00 bits per heavy atom. The van der Waals surface area contributed by atoms with Gasteiger partial charge in [-0.2, -0.15) is 0 Å². The zero-order valence-electron chi connectivity index (χ0n) is 21.6. The van der Waals surface area contributed by atoms with E-state index in [-0.39, 0.29) is 38.8 Å². The molecule has 3 N–H and O–H groups in total. The number of anilines is 2. The molecule has 0 radical (unpaired) electrons. The van der Waals surface area contributed by atoms with Gasteiger partial charge in [-0.15, -0.1) is 0 Å². The Balaban J connectivity index is 1.42. The van der Waals surface area contributed by atoms with E-state index in [1.807, 2.05) is 0 Å². The Labute approximate surface area is 242 Å². The molecule has 1 aliphatic rings. The quantitative estimate of drug-likeness (QED) is 0.252. The third kappa shape index (κ3) is 5.22. The SMILES string of the molecule is O=C(Nc1ccc(C(=O)N2CCC(F)(F)[C@](O)(CO)c3cc(Cl)ccc32)cn1)c1cc(F)ccc1-c1ccccc1F. The molecule has 12 heteroatoms. The van der Waals surface area contributed by atoms with Crippen molar-refractivity contribution in [2.24, 2.45) is 0 Å². The van der Waals surface area contributed by atoms with Gasteiger partial charge in [-0.3, -0.25) is 9.59 Å². The predicted octanol–water partition coefficient (Wildman–Crippen LogP) is 5.80. The molecule has 2 amide bonds. The molecule has 0 bridgehead atoms. The second-order valence-corrected chi connectivity index (χ2v) is 10.1. The highest BCUT2D eigenvalue weighted by Crippen LogP contribution is 2.47. The van der Waals surface area contributed by atoms with Crippen molar-refractivity contribution in [2.75, 3.05) is 23.4 Å². The number of pyridine rings is 1. The van der Waals surface area contributed by atoms with Crippen LogP contribution >= 0.6 is 11.6 Å². The molecule has 216 valence electrons. The van der Waals surface area contributed by atoms with Crippen LogP contribution in [0.4, 0.5) is 29.1 Å². The molecule has 0 saturated heterocycles. The molecule has 42 heavy (non-hydrogen) atoms. The summed E-state index contributed by atoms with van der Waals surface area (Å²) in [5.74, 6) is -6.67. The van der Waals surface area contributed by atoms with Crippen molar-refractivity contribution in [3.05, 3.63) is 112 Å². The lowest BCUT2D eigenvalue weighted by atomic mass is 9.86. The van der Waals surface area contributed by atoms with Gasteiger partial charge < -0.3 is 20.4 Å². The molecule has 0 unspecified atom stereocenters. The highest BCUT2D eigenvalue weighted by atomic mass is 35.5. The van der Waals surface area contributed by atoms with Gasteiger partial charge in [0.15, 0.2) is 5.60 Å². The minimum absolute atomic E-state index is 0.0175. The van der Waals surface area contributed by atoms with Gasteiger partial charge in [0.1, 0.15) is 17.5 Å². The fourth-order valence-corrected chi connectivity index (χ4v) is 4.99. The fraction of sp³-hybridized carbons (Fsp3) is 0.167. The van der Waals surface area contributed by atoms with Crippen LogP contribution in [0.3, 0.4) is 0 Å². The van der Waals surface area contributed by atoms with Crippen molar-refractivity contribution in [3.63, 3.8) is 0 Å². The van der Waals surface area contributed by atoms with E-state index >= 15 is 0 Å². The number of nitrogens with zero attached hydrogens (tertiary/aromatic N) is 2. The molecule has 7 nitrogen and oxygen atoms in total. The Morgan fingerprint density at radius 3 is 2.45 bits per heavy atom. The summed E-state index contributed by atoms with van der Waals surface area (Å²) in [7, 11) is 0. The van der Waals surface area contributed by atoms with Crippen LogP contribution in [0.1, 0.15) is 32.7 Å². The molecule has 0 fully saturated rings. The number of aromatic nitrogens is 1. The van der Waals surface area contributed by atoms with Crippen LogP contribution in [0.5, 0.6) is 0 Å². The summed E-state index contributed by atoms with van der Waals surface area (Å²) in [6, 6.07) is 15.4. The van der Waals surface area contributed by atoms with Crippen molar-refractivity contribution >= 4 is 34.9 Å². The molecule has 1 aliphatic heterocycles. The third-order valence-electron chi connectivity index (χ3n) is 7.07. The molecule has 2 heterocycles. The standard InChI is InChI=1S/C30H22ClF4N3O4/c31-18-6-9-25-23(13-18)29(42,16-39)30(34,35)11-12-38(25)28(41)17-5-10-26(36-15-17)37-27(40)22-14-19(32)7-8-20(22)21-3-1-2-4-24(21)33/h1-10,13-15,39,42H,11-12,16H2,(H,36,37,40)/t29-/m0/s1. The van der Waals surface area contributed by atoms with Gasteiger partial charge in [-0.05, 0) is 54.1 Å². The average Bonchev–Trinajstić information content (AvgIpc) is 3.05. The van der Waals surface area contributed by atoms with Gasteiger partial charge >= 0.3 is 0 Å². The topological polar surface area (TPSA) is 103 Å². The Morgan fingerprint density at radius 2 is 1.76 bits per heavy atom. The summed E-state index contributed by atoms with van der Waals surface area (Å²) in [5.41, 5.74) is -3.41. The van der Waals surface area contributed by atoms with Crippen LogP contribution in [0.25, 0.3) is 11.1 Å². The van der Waals surface area contributed by atoms with Gasteiger partial charge in [0.25, 0.3) is 17.7 Å². The van der Waals surface area contributed by atoms with Crippen molar-refractivity contribution < 1.29 is 37.4 Å². The zero-order chi connectivity index (χ0) is 30.2. The van der Waals surface area contributed by atoms with E-state index in [2.05, 4.69) is 10.3 Å². The number of alkyl halides is 2. The van der Waals surface area contributed by atoms with Crippen LogP contribution in [0.15, 0.2) is 79.0 Å². The molecule has 1 aromatic heterocycles. The monoisotopic (exact) mass is 599 g/mol. The number of rotatable bonds is 5. The number of hydrogen-bond acceptors (Lipinski definition) is 5. The largest absolute Gasteiger partial charge is 0.393 e. The number of carbonyl (C=O) groups is 2. The zero-order valence-corrected chi connectivity index (χ0v) is 22.4. The molecule has 3 aromatic carbocycles. The lowest BCUT2D eigenvalue weighted by molar-refractivity contribution is -0.205. The van der Waals surface area contributed by atoms with Crippen LogP contribution in [0.2, 0.25) is 5.02 Å². The van der Waals surface area contributed by atoms with E-state index in [1.54, 1.807) is 6.07 Å². The molecular weight excluding hydrogens is 578 g/mol. The summed E-state index contributed by atoms with van der Waals surface area (Å²) in [6.45, 7) is -1.81. The average molecular weight is 600 g/mol. The van der Waals surface area contributed by atoms with E-state index < -0.39 is 60.1 Å². The molecule has 0 aliphatic carbocycles. The smallest absolute Gasteiger partial charge is 0.284 e. The molecule has 5 rings (SSSR count). The van der Waals surface area contributed by atoms with Crippen LogP contribution in [-0.4, -0.2) is 46.1 Å². The number of halogens is 5. The number of aliphatic hydroxyl groups is 2. The minimum atomic E-state index is -3.79. The summed E-state index contributed by atoms with van der Waals surface area (Å²) in [4.78, 5) is 31.6. The van der Waals surface area contributed by atoms with E-state index in [0.29, 0.717) is 0 Å². The number of hydrogen-bond donors (Lipinski definition) is 3. The van der Waals surface area contributed by atoms with Gasteiger partial charge in [0.2, 0.25) is 0 Å². The maximum Gasteiger partial charge on any atom is 0.284 e. The van der Waals surface area contributed by atoms with Crippen molar-refractivity contribution in [1.82, 2.24) is 4.98 Å². The number of aliphatic hydroxyl groups excluding tert-OH is 1. The van der Waals surface area contributed by atoms with Gasteiger partial charge in [0, 0.05) is 35.3 Å². The maximum absolute atomic E-state index is 15.0. The molecule has 1 atom stereocenters. The first-order valence-electron chi connectivity index (χ1n) is 12.6. The van der Waals surface area contributed by atoms with E-state index in [0.717, 1.165) is 29.3 Å². The van der Waals surface area contributed by atoms with Crippen LogP contribution in [-0.2, 0) is 5.60 Å². The van der Waals surface area contributed by atoms with Crippen LogP contribution in [0, 0.1) is 11.6 Å². The molecule has 0 spiro atoms. The predicted molar refractivity (Wildman–Crippen MR) is 148 cm³/mol. The van der Waals surface area contributed by atoms with Gasteiger partial charge in [-0.1, -0.05) is 35.9 Å². The normalized spacial score (nSPS) is 17.7. The van der Waals surface area contributed by atoms with Gasteiger partial charge in [-0.25, -0.2) is 22.5 Å². The van der Waals surface area contributed by atoms with Crippen LogP contribution < -0.4 is 10.2 Å². The lowest BCUT2D eigenvalue weighted by Gasteiger charge is -2.33. The molecule has 0 saturated carbocycles. The second kappa shape index (κ2) is 11.2. The van der Waals surface area contributed by atoms with Crippen molar-refractivity contribution in [3.8, 4) is 11.1 Å². The van der Waals surface area contributed by atoms with Gasteiger partial charge in [0.05, 0.1) is 23.4 Å². The van der Waals surface area contributed by atoms with E-state index in [4.69, 9.17) is 11.6 Å². The second-order valence-electron chi connectivity index (χ2n) is 9.65. The number of nitrogens with one attached hydrogen (secondary N) is 1. The number of fused-ring (bicyclic) bond motifs is 1. The first-order chi connectivity index (χ1) is 19.9. The minimum Gasteiger partial charge on any atom is -0.393 e. The Hall–Kier alpha value is -4.32. The Kier molecular flexibility index (Phi) is 7.76. The number of carbonyl (C=O) groups excluding carboxylic acids is 2. The highest BCUT2D eigenvalue weighted by molar-refractivity contribution is 6.30. The summed E-state index contributed by atoms with van der Waals surface area (Å²) in [5, 5.41) is 23.0. The first-order valence-corrected chi connectivity index (χ1v) is 13.0. The van der Waals surface area contributed by atoms with E-state index in [9.17, 15) is 37.4 Å². The lowest BCUT2D eigenvalue weighted by Crippen LogP contribution is -2.48. The number of amides is 2. The summed E-state index contributed by atoms with van der Waals surface area (Å²) in [6.07, 6.45) is 0.153. The summed E-state index contributed by atoms with van der Waals surface area (Å²) < 4.78 is 58.4. The molecule has 4 aromatic rings. The number of benzene rings is 3. The first kappa shape index (κ1) is 29.2. The Bertz CT molecular complexity index is 1690. The maximum atomic E-state index is 15.0. The highest BCUT2D eigenvalue weighted by Gasteiger charge is 2.56. The fourth-order valence-electron chi connectivity index (χ4n) is 4.82. The van der Waals surface area contributed by atoms with Crippen molar-refractivity contribution in [1.29, 1.82) is 0 Å². The molecular formula is C30H22ClF4N3O4.